The summed E-state index contributed by atoms with van der Waals surface area (Å²) >= 11 is 1.53. The molecule has 6 nitrogen and oxygen atoms in total. The topological polar surface area (TPSA) is 74.7 Å². The summed E-state index contributed by atoms with van der Waals surface area (Å²) in [6.45, 7) is 2.44. The number of carbonyl (C=O) groups is 2. The Morgan fingerprint density at radius 1 is 1.56 bits per heavy atom. The van der Waals surface area contributed by atoms with Crippen LogP contribution in [-0.2, 0) is 16.1 Å². The number of nitrogens with one attached hydrogen (secondary N) is 1. The third-order valence-corrected chi connectivity index (χ3v) is 3.64. The molecule has 1 aliphatic heterocycles. The van der Waals surface area contributed by atoms with E-state index in [0.717, 1.165) is 10.6 Å². The van der Waals surface area contributed by atoms with Gasteiger partial charge in [0.1, 0.15) is 5.71 Å². The van der Waals surface area contributed by atoms with E-state index in [9.17, 15) is 9.59 Å². The molecule has 1 aromatic heterocycles. The molecule has 0 bridgehead atoms. The second-order valence-electron chi connectivity index (χ2n) is 4.12. The number of hydrogen-bond donors (Lipinski definition) is 1. The van der Waals surface area contributed by atoms with E-state index in [-0.39, 0.29) is 11.8 Å². The van der Waals surface area contributed by atoms with Crippen molar-refractivity contribution in [2.75, 3.05) is 7.05 Å². The van der Waals surface area contributed by atoms with Crippen molar-refractivity contribution in [2.45, 2.75) is 26.3 Å². The minimum atomic E-state index is -0.150. The molecule has 0 saturated heterocycles. The van der Waals surface area contributed by atoms with E-state index in [4.69, 9.17) is 0 Å². The maximum atomic E-state index is 12.1. The van der Waals surface area contributed by atoms with Crippen LogP contribution in [-0.4, -0.2) is 34.5 Å². The first kappa shape index (κ1) is 12.7. The van der Waals surface area contributed by atoms with E-state index in [0.29, 0.717) is 25.1 Å². The monoisotopic (exact) mass is 266 g/mol. The Morgan fingerprint density at radius 3 is 2.89 bits per heavy atom. The van der Waals surface area contributed by atoms with Crippen molar-refractivity contribution in [3.63, 3.8) is 0 Å². The smallest absolute Gasteiger partial charge is 0.270 e. The molecule has 2 rings (SSSR count). The van der Waals surface area contributed by atoms with Crippen LogP contribution in [0.1, 0.15) is 23.4 Å². The summed E-state index contributed by atoms with van der Waals surface area (Å²) in [4.78, 5) is 29.8. The first-order valence-electron chi connectivity index (χ1n) is 5.57. The molecule has 1 aliphatic rings. The number of carbonyl (C=O) groups excluding carboxylic acids is 2. The lowest BCUT2D eigenvalue weighted by Gasteiger charge is -2.19. The van der Waals surface area contributed by atoms with Crippen molar-refractivity contribution in [1.29, 1.82) is 0 Å². The van der Waals surface area contributed by atoms with Crippen LogP contribution >= 0.6 is 11.3 Å². The van der Waals surface area contributed by atoms with E-state index in [1.54, 1.807) is 17.5 Å². The standard InChI is InChI=1S/C11H14N4O2S/c1-7-9(18-6-12-7)5-15(2)11(17)8-3-4-10(16)14-13-8/h6H,3-5H2,1-2H3,(H,14,16). The summed E-state index contributed by atoms with van der Waals surface area (Å²) in [6.07, 6.45) is 0.717. The summed E-state index contributed by atoms with van der Waals surface area (Å²) < 4.78 is 0. The third-order valence-electron chi connectivity index (χ3n) is 2.72. The predicted molar refractivity (Wildman–Crippen MR) is 68.1 cm³/mol. The Morgan fingerprint density at radius 2 is 2.33 bits per heavy atom. The Hall–Kier alpha value is -1.76. The number of hydrogen-bond acceptors (Lipinski definition) is 5. The molecule has 0 aromatic carbocycles. The largest absolute Gasteiger partial charge is 0.335 e. The van der Waals surface area contributed by atoms with E-state index >= 15 is 0 Å². The van der Waals surface area contributed by atoms with Crippen molar-refractivity contribution < 1.29 is 9.59 Å². The van der Waals surface area contributed by atoms with Gasteiger partial charge in [0.05, 0.1) is 17.7 Å². The molecule has 0 unspecified atom stereocenters. The van der Waals surface area contributed by atoms with Gasteiger partial charge in [0.25, 0.3) is 5.91 Å². The highest BCUT2D eigenvalue weighted by Gasteiger charge is 2.22. The van der Waals surface area contributed by atoms with Gasteiger partial charge in [0.15, 0.2) is 0 Å². The fraction of sp³-hybridized carbons (Fsp3) is 0.455. The first-order valence-corrected chi connectivity index (χ1v) is 6.45. The number of hydrazone groups is 1. The number of aryl methyl sites for hydroxylation is 1. The van der Waals surface area contributed by atoms with Gasteiger partial charge >= 0.3 is 0 Å². The number of rotatable bonds is 3. The summed E-state index contributed by atoms with van der Waals surface area (Å²) in [5, 5.41) is 3.80. The average molecular weight is 266 g/mol. The van der Waals surface area contributed by atoms with Gasteiger partial charge in [-0.25, -0.2) is 10.4 Å². The molecule has 2 heterocycles. The highest BCUT2D eigenvalue weighted by Crippen LogP contribution is 2.15. The fourth-order valence-corrected chi connectivity index (χ4v) is 2.44. The van der Waals surface area contributed by atoms with Gasteiger partial charge in [-0.1, -0.05) is 0 Å². The molecule has 0 atom stereocenters. The molecule has 0 aliphatic carbocycles. The summed E-state index contributed by atoms with van der Waals surface area (Å²) in [6, 6.07) is 0. The molecule has 1 N–H and O–H groups in total. The normalized spacial score (nSPS) is 15.0. The minimum Gasteiger partial charge on any atom is -0.335 e. The van der Waals surface area contributed by atoms with E-state index in [2.05, 4.69) is 15.5 Å². The van der Waals surface area contributed by atoms with Crippen LogP contribution in [0.4, 0.5) is 0 Å². The number of nitrogens with zero attached hydrogens (tertiary/aromatic N) is 3. The van der Waals surface area contributed by atoms with E-state index < -0.39 is 0 Å². The van der Waals surface area contributed by atoms with Crippen LogP contribution in [0.2, 0.25) is 0 Å². The summed E-state index contributed by atoms with van der Waals surface area (Å²) in [5.41, 5.74) is 5.44. The quantitative estimate of drug-likeness (QED) is 0.874. The van der Waals surface area contributed by atoms with Gasteiger partial charge in [-0.15, -0.1) is 11.3 Å². The number of thiazole rings is 1. The van der Waals surface area contributed by atoms with Crippen molar-refractivity contribution >= 4 is 28.9 Å². The van der Waals surface area contributed by atoms with Crippen LogP contribution in [0.15, 0.2) is 10.6 Å². The van der Waals surface area contributed by atoms with Gasteiger partial charge in [0.2, 0.25) is 5.91 Å². The molecule has 0 saturated carbocycles. The van der Waals surface area contributed by atoms with Crippen molar-refractivity contribution in [2.24, 2.45) is 5.10 Å². The molecule has 0 spiro atoms. The molecule has 96 valence electrons. The first-order chi connectivity index (χ1) is 8.58. The Balaban J connectivity index is 2.01. The fourth-order valence-electron chi connectivity index (χ4n) is 1.61. The Labute approximate surface area is 109 Å². The predicted octanol–water partition coefficient (Wildman–Crippen LogP) is 0.676. The molecular weight excluding hydrogens is 252 g/mol. The van der Waals surface area contributed by atoms with Crippen molar-refractivity contribution in [3.05, 3.63) is 16.1 Å². The Kier molecular flexibility index (Phi) is 3.71. The minimum absolute atomic E-state index is 0.146. The van der Waals surface area contributed by atoms with Gasteiger partial charge < -0.3 is 4.90 Å². The summed E-state index contributed by atoms with van der Waals surface area (Å²) in [7, 11) is 1.72. The van der Waals surface area contributed by atoms with Gasteiger partial charge in [-0.05, 0) is 6.92 Å². The third kappa shape index (κ3) is 2.73. The lowest BCUT2D eigenvalue weighted by atomic mass is 10.1. The maximum absolute atomic E-state index is 12.1. The van der Waals surface area contributed by atoms with Gasteiger partial charge in [0, 0.05) is 24.8 Å². The second kappa shape index (κ2) is 5.26. The van der Waals surface area contributed by atoms with E-state index in [1.807, 2.05) is 6.92 Å². The highest BCUT2D eigenvalue weighted by molar-refractivity contribution is 7.09. The van der Waals surface area contributed by atoms with Gasteiger partial charge in [-0.2, -0.15) is 5.10 Å². The van der Waals surface area contributed by atoms with Crippen molar-refractivity contribution in [1.82, 2.24) is 15.3 Å². The zero-order valence-electron chi connectivity index (χ0n) is 10.3. The van der Waals surface area contributed by atoms with Crippen LogP contribution in [0, 0.1) is 6.92 Å². The lowest BCUT2D eigenvalue weighted by Crippen LogP contribution is -2.37. The molecular formula is C11H14N4O2S. The Bertz CT molecular complexity index is 509. The number of aromatic nitrogens is 1. The molecule has 0 radical (unpaired) electrons. The zero-order chi connectivity index (χ0) is 13.1. The SMILES string of the molecule is Cc1ncsc1CN(C)C(=O)C1=NNC(=O)CC1. The average Bonchev–Trinajstić information content (AvgIpc) is 2.75. The number of amides is 2. The molecule has 18 heavy (non-hydrogen) atoms. The molecule has 0 fully saturated rings. The zero-order valence-corrected chi connectivity index (χ0v) is 11.1. The molecule has 2 amide bonds. The van der Waals surface area contributed by atoms with Crippen LogP contribution in [0.5, 0.6) is 0 Å². The molecule has 1 aromatic rings. The van der Waals surface area contributed by atoms with Crippen LogP contribution in [0.25, 0.3) is 0 Å². The van der Waals surface area contributed by atoms with Gasteiger partial charge in [-0.3, -0.25) is 9.59 Å². The summed E-state index contributed by atoms with van der Waals surface area (Å²) in [5.74, 6) is -0.296. The van der Waals surface area contributed by atoms with Crippen LogP contribution < -0.4 is 5.43 Å². The maximum Gasteiger partial charge on any atom is 0.270 e. The second-order valence-corrected chi connectivity index (χ2v) is 5.05. The molecule has 7 heteroatoms. The van der Waals surface area contributed by atoms with E-state index in [1.165, 1.54) is 11.3 Å². The highest BCUT2D eigenvalue weighted by atomic mass is 32.1. The van der Waals surface area contributed by atoms with Crippen LogP contribution in [0.3, 0.4) is 0 Å². The lowest BCUT2D eigenvalue weighted by molar-refractivity contribution is -0.124. The van der Waals surface area contributed by atoms with Crippen molar-refractivity contribution in [3.8, 4) is 0 Å².